The number of hydrogen-bond acceptors (Lipinski definition) is 5. The molecule has 0 atom stereocenters. The molecular weight excluding hydrogens is 230 g/mol. The van der Waals surface area contributed by atoms with Crippen molar-refractivity contribution in [1.82, 2.24) is 20.0 Å². The van der Waals surface area contributed by atoms with E-state index < -0.39 is 0 Å². The minimum Gasteiger partial charge on any atom is -0.419 e. The van der Waals surface area contributed by atoms with E-state index >= 15 is 0 Å². The van der Waals surface area contributed by atoms with Crippen molar-refractivity contribution in [3.05, 3.63) is 11.6 Å². The van der Waals surface area contributed by atoms with Gasteiger partial charge in [0.15, 0.2) is 0 Å². The second-order valence-electron chi connectivity index (χ2n) is 5.33. The van der Waals surface area contributed by atoms with E-state index in [-0.39, 0.29) is 5.41 Å². The van der Waals surface area contributed by atoms with Gasteiger partial charge in [-0.15, -0.1) is 10.2 Å². The molecule has 0 bridgehead atoms. The molecule has 0 spiro atoms. The predicted octanol–water partition coefficient (Wildman–Crippen LogP) is 2.14. The summed E-state index contributed by atoms with van der Waals surface area (Å²) in [6.07, 6.45) is 0. The van der Waals surface area contributed by atoms with E-state index in [2.05, 4.69) is 15.3 Å². The van der Waals surface area contributed by atoms with E-state index in [4.69, 9.17) is 10.2 Å². The van der Waals surface area contributed by atoms with Gasteiger partial charge in [0.05, 0.1) is 11.4 Å². The number of anilines is 1. The lowest BCUT2D eigenvalue weighted by Crippen LogP contribution is -2.11. The van der Waals surface area contributed by atoms with Crippen LogP contribution >= 0.6 is 0 Å². The molecule has 0 saturated heterocycles. The Hall–Kier alpha value is -1.85. The fourth-order valence-corrected chi connectivity index (χ4v) is 1.67. The van der Waals surface area contributed by atoms with Crippen molar-refractivity contribution in [3.8, 4) is 11.6 Å². The standard InChI is InChI=1S/C12H19N5O/c1-6-17-9(8(13)7(2)16-17)10-14-15-11(18-10)12(3,4)5/h6,13H2,1-5H3. The maximum atomic E-state index is 6.02. The number of nitrogens with two attached hydrogens (primary N) is 1. The van der Waals surface area contributed by atoms with Crippen LogP contribution in [0.3, 0.4) is 0 Å². The lowest BCUT2D eigenvalue weighted by molar-refractivity contribution is 0.397. The highest BCUT2D eigenvalue weighted by Gasteiger charge is 2.25. The van der Waals surface area contributed by atoms with Crippen molar-refractivity contribution >= 4 is 5.69 Å². The fourth-order valence-electron chi connectivity index (χ4n) is 1.67. The Labute approximate surface area is 106 Å². The van der Waals surface area contributed by atoms with Gasteiger partial charge in [0.2, 0.25) is 5.89 Å². The zero-order chi connectivity index (χ0) is 13.5. The van der Waals surface area contributed by atoms with Gasteiger partial charge in [0.1, 0.15) is 5.69 Å². The van der Waals surface area contributed by atoms with Gasteiger partial charge in [-0.3, -0.25) is 4.68 Å². The molecule has 0 aliphatic carbocycles. The summed E-state index contributed by atoms with van der Waals surface area (Å²) in [7, 11) is 0. The molecule has 2 rings (SSSR count). The molecule has 18 heavy (non-hydrogen) atoms. The molecule has 2 aromatic heterocycles. The Bertz CT molecular complexity index is 562. The largest absolute Gasteiger partial charge is 0.419 e. The number of rotatable bonds is 2. The molecule has 0 aliphatic rings. The number of nitrogen functional groups attached to an aromatic ring is 1. The van der Waals surface area contributed by atoms with Crippen molar-refractivity contribution in [2.45, 2.75) is 46.6 Å². The van der Waals surface area contributed by atoms with Crippen LogP contribution in [0.1, 0.15) is 39.3 Å². The second-order valence-corrected chi connectivity index (χ2v) is 5.33. The lowest BCUT2D eigenvalue weighted by Gasteiger charge is -2.11. The molecule has 0 radical (unpaired) electrons. The van der Waals surface area contributed by atoms with Crippen LogP contribution in [0.4, 0.5) is 5.69 Å². The summed E-state index contributed by atoms with van der Waals surface area (Å²) in [6, 6.07) is 0. The average molecular weight is 249 g/mol. The Kier molecular flexibility index (Phi) is 2.88. The van der Waals surface area contributed by atoms with Crippen LogP contribution in [0, 0.1) is 6.92 Å². The molecule has 6 heteroatoms. The molecule has 98 valence electrons. The van der Waals surface area contributed by atoms with Crippen LogP contribution in [-0.2, 0) is 12.0 Å². The molecule has 0 unspecified atom stereocenters. The van der Waals surface area contributed by atoms with Crippen molar-refractivity contribution in [2.24, 2.45) is 0 Å². The maximum Gasteiger partial charge on any atom is 0.268 e. The van der Waals surface area contributed by atoms with Crippen molar-refractivity contribution in [1.29, 1.82) is 0 Å². The van der Waals surface area contributed by atoms with Gasteiger partial charge in [-0.25, -0.2) is 0 Å². The van der Waals surface area contributed by atoms with E-state index in [1.54, 1.807) is 4.68 Å². The Balaban J connectivity index is 2.52. The maximum absolute atomic E-state index is 6.02. The summed E-state index contributed by atoms with van der Waals surface area (Å²) in [5.74, 6) is 1.03. The molecule has 0 amide bonds. The third kappa shape index (κ3) is 1.98. The summed E-state index contributed by atoms with van der Waals surface area (Å²) < 4.78 is 7.49. The summed E-state index contributed by atoms with van der Waals surface area (Å²) in [4.78, 5) is 0. The zero-order valence-electron chi connectivity index (χ0n) is 11.5. The van der Waals surface area contributed by atoms with Crippen LogP contribution in [0.5, 0.6) is 0 Å². The normalized spacial score (nSPS) is 12.1. The monoisotopic (exact) mass is 249 g/mol. The topological polar surface area (TPSA) is 82.8 Å². The Morgan fingerprint density at radius 3 is 2.44 bits per heavy atom. The highest BCUT2D eigenvalue weighted by molar-refractivity contribution is 5.68. The van der Waals surface area contributed by atoms with Crippen LogP contribution in [0.25, 0.3) is 11.6 Å². The first-order chi connectivity index (χ1) is 8.34. The first-order valence-corrected chi connectivity index (χ1v) is 6.01. The summed E-state index contributed by atoms with van der Waals surface area (Å²) in [6.45, 7) is 10.6. The molecule has 0 aliphatic heterocycles. The molecule has 0 fully saturated rings. The number of nitrogens with zero attached hydrogens (tertiary/aromatic N) is 4. The summed E-state index contributed by atoms with van der Waals surface area (Å²) >= 11 is 0. The van der Waals surface area contributed by atoms with Gasteiger partial charge in [-0.05, 0) is 13.8 Å². The minimum atomic E-state index is -0.174. The molecule has 6 nitrogen and oxygen atoms in total. The Morgan fingerprint density at radius 2 is 1.94 bits per heavy atom. The third-order valence-corrected chi connectivity index (χ3v) is 2.74. The molecular formula is C12H19N5O. The van der Waals surface area contributed by atoms with E-state index in [0.717, 1.165) is 5.69 Å². The van der Waals surface area contributed by atoms with Crippen molar-refractivity contribution in [2.75, 3.05) is 5.73 Å². The van der Waals surface area contributed by atoms with E-state index in [0.29, 0.717) is 29.7 Å². The first-order valence-electron chi connectivity index (χ1n) is 6.01. The summed E-state index contributed by atoms with van der Waals surface area (Å²) in [5.41, 5.74) is 7.93. The number of aromatic nitrogens is 4. The van der Waals surface area contributed by atoms with Crippen molar-refractivity contribution in [3.63, 3.8) is 0 Å². The van der Waals surface area contributed by atoms with Crippen LogP contribution in [0.2, 0.25) is 0 Å². The molecule has 2 aromatic rings. The predicted molar refractivity (Wildman–Crippen MR) is 69.0 cm³/mol. The van der Waals surface area contributed by atoms with Crippen LogP contribution in [-0.4, -0.2) is 20.0 Å². The lowest BCUT2D eigenvalue weighted by atomic mass is 9.97. The fraction of sp³-hybridized carbons (Fsp3) is 0.583. The highest BCUT2D eigenvalue weighted by Crippen LogP contribution is 2.30. The molecule has 0 saturated carbocycles. The van der Waals surface area contributed by atoms with Gasteiger partial charge < -0.3 is 10.2 Å². The zero-order valence-corrected chi connectivity index (χ0v) is 11.5. The van der Waals surface area contributed by atoms with Gasteiger partial charge in [0, 0.05) is 12.0 Å². The Morgan fingerprint density at radius 1 is 1.28 bits per heavy atom. The van der Waals surface area contributed by atoms with Gasteiger partial charge >= 0.3 is 0 Å². The van der Waals surface area contributed by atoms with Crippen molar-refractivity contribution < 1.29 is 4.42 Å². The van der Waals surface area contributed by atoms with Gasteiger partial charge in [-0.2, -0.15) is 5.10 Å². The van der Waals surface area contributed by atoms with E-state index in [1.807, 2.05) is 34.6 Å². The molecule has 0 aromatic carbocycles. The SMILES string of the molecule is CCn1nc(C)c(N)c1-c1nnc(C(C)(C)C)o1. The molecule has 2 N–H and O–H groups in total. The smallest absolute Gasteiger partial charge is 0.268 e. The van der Waals surface area contributed by atoms with E-state index in [9.17, 15) is 0 Å². The minimum absolute atomic E-state index is 0.174. The summed E-state index contributed by atoms with van der Waals surface area (Å²) in [5, 5.41) is 12.5. The third-order valence-electron chi connectivity index (χ3n) is 2.74. The molecule has 2 heterocycles. The van der Waals surface area contributed by atoms with E-state index in [1.165, 1.54) is 0 Å². The average Bonchev–Trinajstić information content (AvgIpc) is 2.84. The number of hydrogen-bond donors (Lipinski definition) is 1. The first kappa shape index (κ1) is 12.6. The van der Waals surface area contributed by atoms with Crippen LogP contribution in [0.15, 0.2) is 4.42 Å². The highest BCUT2D eigenvalue weighted by atomic mass is 16.4. The van der Waals surface area contributed by atoms with Gasteiger partial charge in [0.25, 0.3) is 5.89 Å². The number of aryl methyl sites for hydroxylation is 2. The quantitative estimate of drug-likeness (QED) is 0.881. The second kappa shape index (κ2) is 4.12. The van der Waals surface area contributed by atoms with Gasteiger partial charge in [-0.1, -0.05) is 20.8 Å². The van der Waals surface area contributed by atoms with Crippen LogP contribution < -0.4 is 5.73 Å².